The summed E-state index contributed by atoms with van der Waals surface area (Å²) in [6.45, 7) is 4.31. The minimum absolute atomic E-state index is 0.275. The van der Waals surface area contributed by atoms with E-state index < -0.39 is 5.97 Å². The van der Waals surface area contributed by atoms with Crippen molar-refractivity contribution in [3.63, 3.8) is 0 Å². The molecule has 0 aliphatic heterocycles. The van der Waals surface area contributed by atoms with Crippen LogP contribution in [0.25, 0.3) is 0 Å². The molecular weight excluding hydrogens is 282 g/mol. The average molecular weight is 297 g/mol. The largest absolute Gasteiger partial charge is 0.485 e. The minimum Gasteiger partial charge on any atom is -0.485 e. The Kier molecular flexibility index (Phi) is 4.55. The van der Waals surface area contributed by atoms with Crippen LogP contribution in [0.5, 0.6) is 5.75 Å². The molecule has 2 aromatic heterocycles. The Bertz CT molecular complexity index is 574. The zero-order chi connectivity index (χ0) is 13.8. The number of thiophene rings is 1. The standard InChI is InChI=1S/C13H15NO3S2/c1-3-4-9-5-10(12(19-9)13(15)16)17-6-11-14-8(2)7-18-11/h5,7H,3-4,6H2,1-2H3,(H,15,16). The monoisotopic (exact) mass is 297 g/mol. The highest BCUT2D eigenvalue weighted by atomic mass is 32.1. The quantitative estimate of drug-likeness (QED) is 0.882. The first-order chi connectivity index (χ1) is 9.10. The second-order valence-corrected chi connectivity index (χ2v) is 6.21. The molecule has 4 nitrogen and oxygen atoms in total. The first kappa shape index (κ1) is 14.0. The average Bonchev–Trinajstić information content (AvgIpc) is 2.93. The Hall–Kier alpha value is -1.40. The van der Waals surface area contributed by atoms with Gasteiger partial charge in [-0.05, 0) is 19.4 Å². The van der Waals surface area contributed by atoms with Crippen LogP contribution in [-0.4, -0.2) is 16.1 Å². The lowest BCUT2D eigenvalue weighted by Gasteiger charge is -2.02. The fourth-order valence-corrected chi connectivity index (χ4v) is 3.38. The molecule has 0 saturated heterocycles. The Balaban J connectivity index is 2.11. The normalized spacial score (nSPS) is 10.6. The first-order valence-corrected chi connectivity index (χ1v) is 7.69. The number of rotatable bonds is 6. The fourth-order valence-electron chi connectivity index (χ4n) is 1.66. The van der Waals surface area contributed by atoms with E-state index in [0.29, 0.717) is 12.4 Å². The van der Waals surface area contributed by atoms with Crippen molar-refractivity contribution in [1.29, 1.82) is 0 Å². The van der Waals surface area contributed by atoms with E-state index in [-0.39, 0.29) is 4.88 Å². The number of thiazole rings is 1. The fraction of sp³-hybridized carbons (Fsp3) is 0.385. The third kappa shape index (κ3) is 3.54. The van der Waals surface area contributed by atoms with Gasteiger partial charge in [0, 0.05) is 16.0 Å². The van der Waals surface area contributed by atoms with Crippen LogP contribution < -0.4 is 4.74 Å². The highest BCUT2D eigenvalue weighted by Crippen LogP contribution is 2.31. The van der Waals surface area contributed by atoms with Crippen molar-refractivity contribution in [2.75, 3.05) is 0 Å². The van der Waals surface area contributed by atoms with E-state index in [1.165, 1.54) is 22.7 Å². The van der Waals surface area contributed by atoms with Crippen molar-refractivity contribution >= 4 is 28.6 Å². The second-order valence-electron chi connectivity index (χ2n) is 4.13. The number of carbonyl (C=O) groups is 1. The molecule has 0 aliphatic carbocycles. The summed E-state index contributed by atoms with van der Waals surface area (Å²) < 4.78 is 5.60. The van der Waals surface area contributed by atoms with Gasteiger partial charge in [-0.1, -0.05) is 13.3 Å². The number of aromatic nitrogens is 1. The van der Waals surface area contributed by atoms with Gasteiger partial charge in [0.15, 0.2) is 4.88 Å². The Labute approximate surface area is 119 Å². The third-order valence-electron chi connectivity index (χ3n) is 2.46. The van der Waals surface area contributed by atoms with E-state index in [1.54, 1.807) is 0 Å². The van der Waals surface area contributed by atoms with Crippen LogP contribution in [0, 0.1) is 6.92 Å². The SMILES string of the molecule is CCCc1cc(OCc2nc(C)cs2)c(C(=O)O)s1. The highest BCUT2D eigenvalue weighted by molar-refractivity contribution is 7.14. The number of nitrogens with zero attached hydrogens (tertiary/aromatic N) is 1. The smallest absolute Gasteiger partial charge is 0.349 e. The maximum atomic E-state index is 11.2. The minimum atomic E-state index is -0.933. The van der Waals surface area contributed by atoms with Gasteiger partial charge in [-0.15, -0.1) is 22.7 Å². The van der Waals surface area contributed by atoms with Crippen molar-refractivity contribution < 1.29 is 14.6 Å². The molecule has 0 aromatic carbocycles. The maximum absolute atomic E-state index is 11.2. The molecule has 0 atom stereocenters. The summed E-state index contributed by atoms with van der Waals surface area (Å²) >= 11 is 2.81. The number of carboxylic acids is 1. The van der Waals surface area contributed by atoms with Gasteiger partial charge in [0.1, 0.15) is 17.4 Å². The zero-order valence-corrected chi connectivity index (χ0v) is 12.4. The van der Waals surface area contributed by atoms with E-state index in [9.17, 15) is 4.79 Å². The molecule has 2 heterocycles. The lowest BCUT2D eigenvalue weighted by Crippen LogP contribution is -1.99. The van der Waals surface area contributed by atoms with Crippen molar-refractivity contribution in [2.24, 2.45) is 0 Å². The summed E-state index contributed by atoms with van der Waals surface area (Å²) in [5.74, 6) is -0.480. The molecule has 2 rings (SSSR count). The molecule has 0 spiro atoms. The van der Waals surface area contributed by atoms with Crippen LogP contribution in [0.3, 0.4) is 0 Å². The van der Waals surface area contributed by atoms with Gasteiger partial charge < -0.3 is 9.84 Å². The van der Waals surface area contributed by atoms with Gasteiger partial charge in [0.05, 0.1) is 0 Å². The number of ether oxygens (including phenoxy) is 1. The van der Waals surface area contributed by atoms with Crippen molar-refractivity contribution in [3.05, 3.63) is 31.9 Å². The van der Waals surface area contributed by atoms with Crippen molar-refractivity contribution in [3.8, 4) is 5.75 Å². The first-order valence-electron chi connectivity index (χ1n) is 6.00. The molecular formula is C13H15NO3S2. The van der Waals surface area contributed by atoms with E-state index in [4.69, 9.17) is 9.84 Å². The summed E-state index contributed by atoms with van der Waals surface area (Å²) in [6.07, 6.45) is 1.87. The lowest BCUT2D eigenvalue weighted by molar-refractivity contribution is 0.0697. The molecule has 1 N–H and O–H groups in total. The van der Waals surface area contributed by atoms with E-state index >= 15 is 0 Å². The summed E-state index contributed by atoms with van der Waals surface area (Å²) in [6, 6.07) is 1.83. The molecule has 0 amide bonds. The summed E-state index contributed by atoms with van der Waals surface area (Å²) in [5, 5.41) is 12.0. The summed E-state index contributed by atoms with van der Waals surface area (Å²) in [4.78, 5) is 16.8. The van der Waals surface area contributed by atoms with Crippen LogP contribution in [-0.2, 0) is 13.0 Å². The highest BCUT2D eigenvalue weighted by Gasteiger charge is 2.17. The molecule has 0 unspecified atom stereocenters. The van der Waals surface area contributed by atoms with Gasteiger partial charge >= 0.3 is 5.97 Å². The lowest BCUT2D eigenvalue weighted by atomic mass is 10.3. The van der Waals surface area contributed by atoms with Crippen LogP contribution in [0.1, 0.15) is 38.6 Å². The van der Waals surface area contributed by atoms with Gasteiger partial charge in [0.25, 0.3) is 0 Å². The number of aromatic carboxylic acids is 1. The van der Waals surface area contributed by atoms with Crippen molar-refractivity contribution in [1.82, 2.24) is 4.98 Å². The van der Waals surface area contributed by atoms with Gasteiger partial charge in [-0.25, -0.2) is 9.78 Å². The van der Waals surface area contributed by atoms with Gasteiger partial charge in [-0.2, -0.15) is 0 Å². The van der Waals surface area contributed by atoms with E-state index in [2.05, 4.69) is 11.9 Å². The predicted octanol–water partition coefficient (Wildman–Crippen LogP) is 3.74. The zero-order valence-electron chi connectivity index (χ0n) is 10.8. The molecule has 0 fully saturated rings. The topological polar surface area (TPSA) is 59.4 Å². The molecule has 2 aromatic rings. The maximum Gasteiger partial charge on any atom is 0.349 e. The van der Waals surface area contributed by atoms with E-state index in [1.807, 2.05) is 18.4 Å². The molecule has 0 radical (unpaired) electrons. The summed E-state index contributed by atoms with van der Waals surface area (Å²) in [7, 11) is 0. The van der Waals surface area contributed by atoms with Gasteiger partial charge in [0.2, 0.25) is 0 Å². The molecule has 19 heavy (non-hydrogen) atoms. The molecule has 6 heteroatoms. The molecule has 0 saturated carbocycles. The Morgan fingerprint density at radius 2 is 2.32 bits per heavy atom. The second kappa shape index (κ2) is 6.16. The van der Waals surface area contributed by atoms with Crippen molar-refractivity contribution in [2.45, 2.75) is 33.3 Å². The van der Waals surface area contributed by atoms with Crippen LogP contribution >= 0.6 is 22.7 Å². The predicted molar refractivity (Wildman–Crippen MR) is 76.5 cm³/mol. The number of hydrogen-bond acceptors (Lipinski definition) is 5. The molecule has 0 aliphatic rings. The van der Waals surface area contributed by atoms with E-state index in [0.717, 1.165) is 28.4 Å². The molecule has 102 valence electrons. The number of hydrogen-bond donors (Lipinski definition) is 1. The third-order valence-corrected chi connectivity index (χ3v) is 4.56. The Morgan fingerprint density at radius 1 is 1.53 bits per heavy atom. The van der Waals surface area contributed by atoms with Crippen LogP contribution in [0.15, 0.2) is 11.4 Å². The molecule has 0 bridgehead atoms. The summed E-state index contributed by atoms with van der Waals surface area (Å²) in [5.41, 5.74) is 0.957. The Morgan fingerprint density at radius 3 is 2.89 bits per heavy atom. The number of carboxylic acid groups (broad SMARTS) is 1. The number of aryl methyl sites for hydroxylation is 2. The van der Waals surface area contributed by atoms with Crippen LogP contribution in [0.4, 0.5) is 0 Å². The van der Waals surface area contributed by atoms with Crippen LogP contribution in [0.2, 0.25) is 0 Å². The van der Waals surface area contributed by atoms with Gasteiger partial charge in [-0.3, -0.25) is 0 Å².